The predicted molar refractivity (Wildman–Crippen MR) is 117 cm³/mol. The van der Waals surface area contributed by atoms with Crippen molar-refractivity contribution in [1.29, 1.82) is 0 Å². The van der Waals surface area contributed by atoms with E-state index in [9.17, 15) is 4.79 Å². The summed E-state index contributed by atoms with van der Waals surface area (Å²) in [6.45, 7) is 2.14. The van der Waals surface area contributed by atoms with Crippen molar-refractivity contribution < 1.29 is 4.79 Å². The fraction of sp³-hybridized carbons (Fsp3) is 0.190. The monoisotopic (exact) mass is 408 g/mol. The average molecular weight is 409 g/mol. The standard InChI is InChI=1S/C21H20N4OS2/c1-3-16-11-15(12-27-16)20-23-24-21(25(20)2)28-13-19(26)22-18-10-6-8-14-7-4-5-9-17(14)18/h4-12H,3,13H2,1-2H3,(H,22,26). The van der Waals surface area contributed by atoms with Crippen LogP contribution >= 0.6 is 23.1 Å². The summed E-state index contributed by atoms with van der Waals surface area (Å²) in [7, 11) is 1.93. The lowest BCUT2D eigenvalue weighted by Gasteiger charge is -2.08. The molecule has 2 aromatic heterocycles. The highest BCUT2D eigenvalue weighted by Crippen LogP contribution is 2.27. The Labute approximate surface area is 171 Å². The van der Waals surface area contributed by atoms with Gasteiger partial charge in [0, 0.05) is 33.9 Å². The summed E-state index contributed by atoms with van der Waals surface area (Å²) in [5.74, 6) is 1.04. The Morgan fingerprint density at radius 2 is 2.00 bits per heavy atom. The van der Waals surface area contributed by atoms with Crippen LogP contribution in [0.25, 0.3) is 22.2 Å². The van der Waals surface area contributed by atoms with Crippen molar-refractivity contribution in [3.63, 3.8) is 0 Å². The Balaban J connectivity index is 1.44. The first-order valence-corrected chi connectivity index (χ1v) is 10.9. The number of hydrogen-bond donors (Lipinski definition) is 1. The van der Waals surface area contributed by atoms with Crippen LogP contribution < -0.4 is 5.32 Å². The van der Waals surface area contributed by atoms with E-state index in [1.807, 2.05) is 54.1 Å². The number of aryl methyl sites for hydroxylation is 1. The van der Waals surface area contributed by atoms with Crippen LogP contribution in [-0.4, -0.2) is 26.4 Å². The van der Waals surface area contributed by atoms with E-state index in [1.165, 1.54) is 16.6 Å². The van der Waals surface area contributed by atoms with Gasteiger partial charge in [0.1, 0.15) is 0 Å². The molecule has 0 spiro atoms. The lowest BCUT2D eigenvalue weighted by atomic mass is 10.1. The van der Waals surface area contributed by atoms with E-state index in [0.717, 1.165) is 39.4 Å². The molecule has 0 aliphatic rings. The van der Waals surface area contributed by atoms with Gasteiger partial charge in [-0.1, -0.05) is 55.1 Å². The number of thioether (sulfide) groups is 1. The minimum atomic E-state index is -0.0605. The van der Waals surface area contributed by atoms with Gasteiger partial charge in [0.05, 0.1) is 5.75 Å². The quantitative estimate of drug-likeness (QED) is 0.457. The number of fused-ring (bicyclic) bond motifs is 1. The van der Waals surface area contributed by atoms with E-state index >= 15 is 0 Å². The van der Waals surface area contributed by atoms with Crippen molar-refractivity contribution in [2.45, 2.75) is 18.5 Å². The number of rotatable bonds is 6. The third-order valence-corrected chi connectivity index (χ3v) is 6.59. The summed E-state index contributed by atoms with van der Waals surface area (Å²) in [5, 5.41) is 16.5. The Morgan fingerprint density at radius 3 is 2.82 bits per heavy atom. The number of nitrogens with zero attached hydrogens (tertiary/aromatic N) is 3. The van der Waals surface area contributed by atoms with Gasteiger partial charge in [0.2, 0.25) is 5.91 Å². The number of thiophene rings is 1. The van der Waals surface area contributed by atoms with Gasteiger partial charge in [0.15, 0.2) is 11.0 Å². The van der Waals surface area contributed by atoms with Crippen LogP contribution in [0.5, 0.6) is 0 Å². The highest BCUT2D eigenvalue weighted by atomic mass is 32.2. The average Bonchev–Trinajstić information content (AvgIpc) is 3.33. The zero-order chi connectivity index (χ0) is 19.5. The van der Waals surface area contributed by atoms with Gasteiger partial charge in [-0.2, -0.15) is 0 Å². The minimum Gasteiger partial charge on any atom is -0.325 e. The molecule has 1 amide bonds. The molecule has 4 rings (SSSR count). The second-order valence-corrected chi connectivity index (χ2v) is 8.32. The summed E-state index contributed by atoms with van der Waals surface area (Å²) < 4.78 is 1.94. The van der Waals surface area contributed by atoms with E-state index in [1.54, 1.807) is 11.3 Å². The SMILES string of the molecule is CCc1cc(-c2nnc(SCC(=O)Nc3cccc4ccccc34)n2C)cs1. The maximum Gasteiger partial charge on any atom is 0.234 e. The Morgan fingerprint density at radius 1 is 1.18 bits per heavy atom. The maximum atomic E-state index is 12.5. The molecule has 0 saturated carbocycles. The Bertz CT molecular complexity index is 1130. The van der Waals surface area contributed by atoms with Crippen LogP contribution in [0.1, 0.15) is 11.8 Å². The predicted octanol–water partition coefficient (Wildman–Crippen LogP) is 4.99. The van der Waals surface area contributed by atoms with Crippen LogP contribution in [0.2, 0.25) is 0 Å². The highest BCUT2D eigenvalue weighted by molar-refractivity contribution is 7.99. The van der Waals surface area contributed by atoms with Gasteiger partial charge >= 0.3 is 0 Å². The number of carbonyl (C=O) groups excluding carboxylic acids is 1. The van der Waals surface area contributed by atoms with Gasteiger partial charge in [-0.3, -0.25) is 4.79 Å². The van der Waals surface area contributed by atoms with E-state index in [-0.39, 0.29) is 11.7 Å². The molecule has 0 aliphatic heterocycles. The van der Waals surface area contributed by atoms with E-state index in [2.05, 4.69) is 33.9 Å². The van der Waals surface area contributed by atoms with Crippen LogP contribution in [-0.2, 0) is 18.3 Å². The number of benzene rings is 2. The van der Waals surface area contributed by atoms with Gasteiger partial charge in [-0.15, -0.1) is 21.5 Å². The third-order valence-electron chi connectivity index (χ3n) is 4.49. The lowest BCUT2D eigenvalue weighted by Crippen LogP contribution is -2.14. The van der Waals surface area contributed by atoms with Crippen LogP contribution in [0, 0.1) is 0 Å². The molecule has 0 unspecified atom stereocenters. The van der Waals surface area contributed by atoms with Crippen molar-refractivity contribution in [1.82, 2.24) is 14.8 Å². The molecule has 0 fully saturated rings. The topological polar surface area (TPSA) is 59.8 Å². The fourth-order valence-corrected chi connectivity index (χ4v) is 4.55. The van der Waals surface area contributed by atoms with E-state index < -0.39 is 0 Å². The van der Waals surface area contributed by atoms with Gasteiger partial charge in [-0.25, -0.2) is 0 Å². The van der Waals surface area contributed by atoms with Gasteiger partial charge in [0.25, 0.3) is 0 Å². The summed E-state index contributed by atoms with van der Waals surface area (Å²) in [4.78, 5) is 13.8. The normalized spacial score (nSPS) is 11.1. The van der Waals surface area contributed by atoms with E-state index in [4.69, 9.17) is 0 Å². The molecule has 1 N–H and O–H groups in total. The zero-order valence-electron chi connectivity index (χ0n) is 15.7. The number of amides is 1. The fourth-order valence-electron chi connectivity index (χ4n) is 3.03. The smallest absolute Gasteiger partial charge is 0.234 e. The Hall–Kier alpha value is -2.64. The minimum absolute atomic E-state index is 0.0605. The molecule has 2 heterocycles. The highest BCUT2D eigenvalue weighted by Gasteiger charge is 2.14. The summed E-state index contributed by atoms with van der Waals surface area (Å²) in [6, 6.07) is 16.1. The number of carbonyl (C=O) groups is 1. The first-order chi connectivity index (χ1) is 13.7. The van der Waals surface area contributed by atoms with Crippen molar-refractivity contribution in [2.75, 3.05) is 11.1 Å². The molecule has 0 bridgehead atoms. The summed E-state index contributed by atoms with van der Waals surface area (Å²) in [5.41, 5.74) is 1.90. The number of hydrogen-bond acceptors (Lipinski definition) is 5. The van der Waals surface area contributed by atoms with Crippen molar-refractivity contribution in [3.05, 3.63) is 58.8 Å². The van der Waals surface area contributed by atoms with Gasteiger partial charge < -0.3 is 9.88 Å². The first kappa shape index (κ1) is 18.7. The molecule has 142 valence electrons. The number of anilines is 1. The molecule has 0 aliphatic carbocycles. The number of nitrogens with one attached hydrogen (secondary N) is 1. The maximum absolute atomic E-state index is 12.5. The Kier molecular flexibility index (Phi) is 5.45. The zero-order valence-corrected chi connectivity index (χ0v) is 17.3. The molecular weight excluding hydrogens is 388 g/mol. The third kappa shape index (κ3) is 3.81. The second-order valence-electron chi connectivity index (χ2n) is 6.38. The van der Waals surface area contributed by atoms with Crippen LogP contribution in [0.3, 0.4) is 0 Å². The largest absolute Gasteiger partial charge is 0.325 e. The molecule has 0 radical (unpaired) electrons. The molecule has 0 atom stereocenters. The molecule has 4 aromatic rings. The molecule has 2 aromatic carbocycles. The molecule has 28 heavy (non-hydrogen) atoms. The van der Waals surface area contributed by atoms with Crippen molar-refractivity contribution in [2.24, 2.45) is 7.05 Å². The number of aromatic nitrogens is 3. The molecule has 5 nitrogen and oxygen atoms in total. The van der Waals surface area contributed by atoms with E-state index in [0.29, 0.717) is 0 Å². The second kappa shape index (κ2) is 8.16. The summed E-state index contributed by atoms with van der Waals surface area (Å²) in [6.07, 6.45) is 1.01. The van der Waals surface area contributed by atoms with Gasteiger partial charge in [-0.05, 0) is 23.9 Å². The molecule has 7 heteroatoms. The molecular formula is C21H20N4OS2. The van der Waals surface area contributed by atoms with Crippen molar-refractivity contribution >= 4 is 45.5 Å². The lowest BCUT2D eigenvalue weighted by molar-refractivity contribution is -0.113. The molecule has 0 saturated heterocycles. The van der Waals surface area contributed by atoms with Crippen LogP contribution in [0.15, 0.2) is 59.1 Å². The van der Waals surface area contributed by atoms with Crippen molar-refractivity contribution in [3.8, 4) is 11.4 Å². The van der Waals surface area contributed by atoms with Crippen LogP contribution in [0.4, 0.5) is 5.69 Å². The summed E-state index contributed by atoms with van der Waals surface area (Å²) >= 11 is 3.12. The first-order valence-electron chi connectivity index (χ1n) is 9.03.